The fraction of sp³-hybridized carbons (Fsp3) is 0.310. The molecule has 0 aliphatic heterocycles. The lowest BCUT2D eigenvalue weighted by molar-refractivity contribution is 0.0953. The second-order valence-corrected chi connectivity index (χ2v) is 9.24. The van der Waals surface area contributed by atoms with Gasteiger partial charge in [-0.2, -0.15) is 0 Å². The number of benzene rings is 3. The molecule has 0 spiro atoms. The van der Waals surface area contributed by atoms with E-state index in [0.717, 1.165) is 54.8 Å². The molecule has 0 atom stereocenters. The maximum atomic E-state index is 12.4. The van der Waals surface area contributed by atoms with Gasteiger partial charge in [0, 0.05) is 19.5 Å². The molecule has 0 bridgehead atoms. The van der Waals surface area contributed by atoms with Crippen LogP contribution in [-0.2, 0) is 13.0 Å². The highest BCUT2D eigenvalue weighted by molar-refractivity contribution is 6.33. The molecule has 0 radical (unpaired) electrons. The van der Waals surface area contributed by atoms with Crippen molar-refractivity contribution in [2.24, 2.45) is 0 Å². The van der Waals surface area contributed by atoms with Gasteiger partial charge in [0.1, 0.15) is 11.6 Å². The van der Waals surface area contributed by atoms with Crippen molar-refractivity contribution >= 4 is 28.5 Å². The van der Waals surface area contributed by atoms with E-state index in [2.05, 4.69) is 60.1 Å². The molecule has 0 saturated carbocycles. The molecule has 0 fully saturated rings. The summed E-state index contributed by atoms with van der Waals surface area (Å²) in [5.74, 6) is 1.87. The lowest BCUT2D eigenvalue weighted by atomic mass is 10.1. The minimum absolute atomic E-state index is 0.145. The number of fused-ring (bicyclic) bond motifs is 1. The zero-order valence-corrected chi connectivity index (χ0v) is 21.1. The van der Waals surface area contributed by atoms with Crippen LogP contribution in [0, 0.1) is 13.8 Å². The van der Waals surface area contributed by atoms with Crippen molar-refractivity contribution in [3.05, 3.63) is 94.3 Å². The van der Waals surface area contributed by atoms with Crippen molar-refractivity contribution in [2.75, 3.05) is 13.2 Å². The van der Waals surface area contributed by atoms with Crippen LogP contribution in [0.4, 0.5) is 0 Å². The maximum Gasteiger partial charge on any atom is 0.252 e. The number of carbonyl (C=O) groups is 1. The van der Waals surface area contributed by atoms with Crippen molar-refractivity contribution in [3.8, 4) is 5.75 Å². The second kappa shape index (κ2) is 11.9. The first-order valence-electron chi connectivity index (χ1n) is 12.2. The summed E-state index contributed by atoms with van der Waals surface area (Å²) in [6.45, 7) is 6.33. The summed E-state index contributed by atoms with van der Waals surface area (Å²) >= 11 is 6.13. The molecule has 1 amide bonds. The van der Waals surface area contributed by atoms with E-state index in [1.807, 2.05) is 18.2 Å². The Morgan fingerprint density at radius 2 is 1.80 bits per heavy atom. The summed E-state index contributed by atoms with van der Waals surface area (Å²) in [5.41, 5.74) is 5.09. The zero-order valence-electron chi connectivity index (χ0n) is 20.4. The average Bonchev–Trinajstić information content (AvgIpc) is 3.20. The molecule has 1 N–H and O–H groups in total. The van der Waals surface area contributed by atoms with E-state index in [0.29, 0.717) is 23.7 Å². The van der Waals surface area contributed by atoms with E-state index in [9.17, 15) is 4.79 Å². The summed E-state index contributed by atoms with van der Waals surface area (Å²) in [5, 5.41) is 3.44. The summed E-state index contributed by atoms with van der Waals surface area (Å²) in [7, 11) is 0. The second-order valence-electron chi connectivity index (χ2n) is 8.83. The lowest BCUT2D eigenvalue weighted by Gasteiger charge is -2.12. The number of nitrogens with zero attached hydrogens (tertiary/aromatic N) is 2. The Bertz CT molecular complexity index is 1300. The fourth-order valence-electron chi connectivity index (χ4n) is 4.27. The highest BCUT2D eigenvalue weighted by atomic mass is 35.5. The highest BCUT2D eigenvalue weighted by Gasteiger charge is 2.12. The Hall–Kier alpha value is -3.31. The fourth-order valence-corrected chi connectivity index (χ4v) is 4.49. The van der Waals surface area contributed by atoms with Gasteiger partial charge < -0.3 is 14.6 Å². The number of imidazole rings is 1. The molecule has 1 aromatic heterocycles. The van der Waals surface area contributed by atoms with Gasteiger partial charge in [-0.05, 0) is 69.0 Å². The number of para-hydroxylation sites is 2. The van der Waals surface area contributed by atoms with E-state index in [4.69, 9.17) is 21.3 Å². The van der Waals surface area contributed by atoms with Crippen molar-refractivity contribution in [1.82, 2.24) is 14.9 Å². The number of unbranched alkanes of at least 4 members (excludes halogenated alkanes) is 1. The third-order valence-electron chi connectivity index (χ3n) is 6.08. The quantitative estimate of drug-likeness (QED) is 0.244. The monoisotopic (exact) mass is 489 g/mol. The molecule has 3 aromatic carbocycles. The molecule has 1 heterocycles. The minimum Gasteiger partial charge on any atom is -0.493 e. The average molecular weight is 490 g/mol. The number of aryl methyl sites for hydroxylation is 4. The Morgan fingerprint density at radius 1 is 1.00 bits per heavy atom. The number of rotatable bonds is 11. The maximum absolute atomic E-state index is 12.4. The predicted molar refractivity (Wildman–Crippen MR) is 142 cm³/mol. The van der Waals surface area contributed by atoms with E-state index in [-0.39, 0.29) is 5.91 Å². The SMILES string of the molecule is Cc1ccc(OCCCCn2c(CCCNC(=O)c3ccccc3Cl)nc3ccccc32)c(C)c1. The van der Waals surface area contributed by atoms with Crippen LogP contribution in [0.3, 0.4) is 0 Å². The Morgan fingerprint density at radius 3 is 2.63 bits per heavy atom. The smallest absolute Gasteiger partial charge is 0.252 e. The predicted octanol–water partition coefficient (Wildman–Crippen LogP) is 6.53. The van der Waals surface area contributed by atoms with Gasteiger partial charge in [-0.15, -0.1) is 0 Å². The van der Waals surface area contributed by atoms with Gasteiger partial charge in [-0.3, -0.25) is 4.79 Å². The minimum atomic E-state index is -0.145. The van der Waals surface area contributed by atoms with Crippen molar-refractivity contribution in [1.29, 1.82) is 0 Å². The molecule has 4 aromatic rings. The number of ether oxygens (including phenoxy) is 1. The number of amides is 1. The first-order valence-corrected chi connectivity index (χ1v) is 12.6. The molecule has 182 valence electrons. The Balaban J connectivity index is 1.30. The van der Waals surface area contributed by atoms with Crippen LogP contribution in [0.1, 0.15) is 46.6 Å². The molecular weight excluding hydrogens is 458 g/mol. The van der Waals surface area contributed by atoms with Crippen LogP contribution in [0.15, 0.2) is 66.7 Å². The normalized spacial score (nSPS) is 11.1. The molecule has 0 aliphatic rings. The molecule has 0 unspecified atom stereocenters. The Kier molecular flexibility index (Phi) is 8.43. The Labute approximate surface area is 212 Å². The van der Waals surface area contributed by atoms with Crippen LogP contribution in [-0.4, -0.2) is 28.6 Å². The van der Waals surface area contributed by atoms with E-state index < -0.39 is 0 Å². The molecule has 0 aliphatic carbocycles. The summed E-state index contributed by atoms with van der Waals surface area (Å²) < 4.78 is 8.31. The summed E-state index contributed by atoms with van der Waals surface area (Å²) in [4.78, 5) is 17.3. The van der Waals surface area contributed by atoms with Crippen molar-refractivity contribution in [3.63, 3.8) is 0 Å². The van der Waals surface area contributed by atoms with Gasteiger partial charge in [0.25, 0.3) is 5.91 Å². The summed E-state index contributed by atoms with van der Waals surface area (Å²) in [6.07, 6.45) is 3.56. The van der Waals surface area contributed by atoms with Gasteiger partial charge >= 0.3 is 0 Å². The number of aromatic nitrogens is 2. The zero-order chi connectivity index (χ0) is 24.6. The number of nitrogens with one attached hydrogen (secondary N) is 1. The van der Waals surface area contributed by atoms with Gasteiger partial charge in [-0.25, -0.2) is 4.98 Å². The number of halogens is 1. The largest absolute Gasteiger partial charge is 0.493 e. The number of hydrogen-bond acceptors (Lipinski definition) is 3. The van der Waals surface area contributed by atoms with Crippen LogP contribution in [0.25, 0.3) is 11.0 Å². The summed E-state index contributed by atoms with van der Waals surface area (Å²) in [6, 6.07) is 21.6. The number of carbonyl (C=O) groups excluding carboxylic acids is 1. The van der Waals surface area contributed by atoms with Crippen LogP contribution >= 0.6 is 11.6 Å². The first-order chi connectivity index (χ1) is 17.0. The molecule has 5 nitrogen and oxygen atoms in total. The van der Waals surface area contributed by atoms with Gasteiger partial charge in [0.05, 0.1) is 28.2 Å². The van der Waals surface area contributed by atoms with Crippen LogP contribution < -0.4 is 10.1 Å². The standard InChI is InChI=1S/C29H32ClN3O2/c1-21-15-16-27(22(2)20-21)35-19-8-7-18-33-26-13-6-5-12-25(26)32-28(33)14-9-17-31-29(34)23-10-3-4-11-24(23)30/h3-6,10-13,15-16,20H,7-9,14,17-19H2,1-2H3,(H,31,34). The van der Waals surface area contributed by atoms with Gasteiger partial charge in [0.2, 0.25) is 0 Å². The van der Waals surface area contributed by atoms with E-state index in [1.54, 1.807) is 12.1 Å². The third-order valence-corrected chi connectivity index (χ3v) is 6.41. The van der Waals surface area contributed by atoms with E-state index >= 15 is 0 Å². The van der Waals surface area contributed by atoms with Gasteiger partial charge in [-0.1, -0.05) is 53.6 Å². The topological polar surface area (TPSA) is 56.1 Å². The van der Waals surface area contributed by atoms with Crippen LogP contribution in [0.2, 0.25) is 5.02 Å². The van der Waals surface area contributed by atoms with E-state index in [1.165, 1.54) is 11.1 Å². The molecule has 4 rings (SSSR count). The number of hydrogen-bond donors (Lipinski definition) is 1. The van der Waals surface area contributed by atoms with Crippen molar-refractivity contribution < 1.29 is 9.53 Å². The molecule has 0 saturated heterocycles. The van der Waals surface area contributed by atoms with Crippen molar-refractivity contribution in [2.45, 2.75) is 46.1 Å². The van der Waals surface area contributed by atoms with Gasteiger partial charge in [0.15, 0.2) is 0 Å². The first kappa shape index (κ1) is 24.8. The van der Waals surface area contributed by atoms with Crippen LogP contribution in [0.5, 0.6) is 5.75 Å². The third kappa shape index (κ3) is 6.43. The highest BCUT2D eigenvalue weighted by Crippen LogP contribution is 2.21. The molecule has 35 heavy (non-hydrogen) atoms. The molecular formula is C29H32ClN3O2. The molecule has 6 heteroatoms. The lowest BCUT2D eigenvalue weighted by Crippen LogP contribution is -2.25.